The molecule has 1 aliphatic heterocycles. The van der Waals surface area contributed by atoms with Gasteiger partial charge in [-0.3, -0.25) is 4.74 Å². The molecule has 0 N–H and O–H groups in total. The molecule has 0 fully saturated rings. The fourth-order valence-electron chi connectivity index (χ4n) is 0.770. The molecule has 1 rings (SSSR count). The van der Waals surface area contributed by atoms with E-state index >= 15 is 0 Å². The smallest absolute Gasteiger partial charge is 0.292 e. The van der Waals surface area contributed by atoms with Crippen molar-refractivity contribution < 1.29 is 31.1 Å². The molecule has 13 heavy (non-hydrogen) atoms. The van der Waals surface area contributed by atoms with E-state index in [0.717, 1.165) is 0 Å². The molecule has 7 heteroatoms. The highest BCUT2D eigenvalue weighted by atomic mass is 19.3. The van der Waals surface area contributed by atoms with Gasteiger partial charge in [-0.15, -0.1) is 0 Å². The summed E-state index contributed by atoms with van der Waals surface area (Å²) in [6.45, 7) is 0. The standard InChI is InChI=1S/C6H4F6O/c7-3(8)5(11)1-2-6(12,13-5)4(9)10/h1-4H/t5-,6+. The Bertz CT molecular complexity index is 207. The van der Waals surface area contributed by atoms with Crippen LogP contribution in [-0.4, -0.2) is 24.6 Å². The zero-order valence-electron chi connectivity index (χ0n) is 5.99. The van der Waals surface area contributed by atoms with E-state index < -0.39 is 24.6 Å². The lowest BCUT2D eigenvalue weighted by Gasteiger charge is -2.23. The highest BCUT2D eigenvalue weighted by Gasteiger charge is 2.56. The maximum Gasteiger partial charge on any atom is 0.300 e. The summed E-state index contributed by atoms with van der Waals surface area (Å²) >= 11 is 0. The Labute approximate surface area is 69.0 Å². The topological polar surface area (TPSA) is 9.23 Å². The second-order valence-corrected chi connectivity index (χ2v) is 2.43. The van der Waals surface area contributed by atoms with Gasteiger partial charge in [0.05, 0.1) is 0 Å². The normalized spacial score (nSPS) is 39.4. The Morgan fingerprint density at radius 1 is 0.846 bits per heavy atom. The maximum absolute atomic E-state index is 12.7. The third-order valence-electron chi connectivity index (χ3n) is 1.45. The van der Waals surface area contributed by atoms with Crippen LogP contribution in [0, 0.1) is 0 Å². The molecule has 1 nitrogen and oxygen atoms in total. The fraction of sp³-hybridized carbons (Fsp3) is 0.667. The molecule has 0 bridgehead atoms. The van der Waals surface area contributed by atoms with Crippen molar-refractivity contribution in [1.29, 1.82) is 0 Å². The van der Waals surface area contributed by atoms with E-state index in [1.807, 2.05) is 0 Å². The lowest BCUT2D eigenvalue weighted by molar-refractivity contribution is -0.289. The first-order chi connectivity index (χ1) is 5.80. The minimum atomic E-state index is -3.76. The Kier molecular flexibility index (Phi) is 2.31. The highest BCUT2D eigenvalue weighted by molar-refractivity contribution is 5.12. The summed E-state index contributed by atoms with van der Waals surface area (Å²) in [4.78, 5) is 0. The van der Waals surface area contributed by atoms with E-state index in [2.05, 4.69) is 4.74 Å². The molecule has 0 radical (unpaired) electrons. The van der Waals surface area contributed by atoms with Gasteiger partial charge in [-0.25, -0.2) is 26.3 Å². The molecular weight excluding hydrogens is 202 g/mol. The Hall–Kier alpha value is -0.720. The zero-order chi connectivity index (χ0) is 10.3. The van der Waals surface area contributed by atoms with Crippen LogP contribution >= 0.6 is 0 Å². The number of ether oxygens (including phenoxy) is 1. The molecule has 0 aromatic heterocycles. The minimum absolute atomic E-state index is 0.0518. The first kappa shape index (κ1) is 10.4. The van der Waals surface area contributed by atoms with Crippen molar-refractivity contribution in [1.82, 2.24) is 0 Å². The predicted octanol–water partition coefficient (Wildman–Crippen LogP) is 2.43. The van der Waals surface area contributed by atoms with E-state index in [0.29, 0.717) is 0 Å². The number of alkyl halides is 6. The number of halogens is 6. The van der Waals surface area contributed by atoms with Crippen molar-refractivity contribution in [2.45, 2.75) is 24.6 Å². The second kappa shape index (κ2) is 2.90. The van der Waals surface area contributed by atoms with E-state index in [9.17, 15) is 26.3 Å². The average Bonchev–Trinajstić information content (AvgIpc) is 2.30. The molecular formula is C6H4F6O. The van der Waals surface area contributed by atoms with Crippen LogP contribution in [0.15, 0.2) is 12.2 Å². The van der Waals surface area contributed by atoms with E-state index in [1.54, 1.807) is 0 Å². The first-order valence-corrected chi connectivity index (χ1v) is 3.15. The van der Waals surface area contributed by atoms with Crippen molar-refractivity contribution >= 4 is 0 Å². The molecule has 0 amide bonds. The minimum Gasteiger partial charge on any atom is -0.292 e. The van der Waals surface area contributed by atoms with Gasteiger partial charge in [-0.05, 0) is 12.2 Å². The monoisotopic (exact) mass is 206 g/mol. The first-order valence-electron chi connectivity index (χ1n) is 3.15. The van der Waals surface area contributed by atoms with Gasteiger partial charge in [0.25, 0.3) is 24.6 Å². The summed E-state index contributed by atoms with van der Waals surface area (Å²) < 4.78 is 75.7. The molecule has 0 saturated carbocycles. The van der Waals surface area contributed by atoms with E-state index in [-0.39, 0.29) is 12.2 Å². The van der Waals surface area contributed by atoms with Crippen LogP contribution in [0.2, 0.25) is 0 Å². The zero-order valence-corrected chi connectivity index (χ0v) is 5.99. The van der Waals surface area contributed by atoms with Crippen molar-refractivity contribution in [3.05, 3.63) is 12.2 Å². The van der Waals surface area contributed by atoms with Crippen LogP contribution < -0.4 is 0 Å². The second-order valence-electron chi connectivity index (χ2n) is 2.43. The van der Waals surface area contributed by atoms with Crippen molar-refractivity contribution in [3.63, 3.8) is 0 Å². The van der Waals surface area contributed by atoms with Gasteiger partial charge in [0, 0.05) is 0 Å². The fourth-order valence-corrected chi connectivity index (χ4v) is 0.770. The Balaban J connectivity index is 2.81. The number of rotatable bonds is 2. The van der Waals surface area contributed by atoms with Gasteiger partial charge in [-0.1, -0.05) is 0 Å². The molecule has 0 unspecified atom stereocenters. The van der Waals surface area contributed by atoms with Crippen molar-refractivity contribution in [3.8, 4) is 0 Å². The van der Waals surface area contributed by atoms with Crippen LogP contribution in [0.5, 0.6) is 0 Å². The van der Waals surface area contributed by atoms with Crippen LogP contribution in [0.25, 0.3) is 0 Å². The molecule has 76 valence electrons. The third kappa shape index (κ3) is 1.65. The lowest BCUT2D eigenvalue weighted by Crippen LogP contribution is -2.40. The molecule has 2 atom stereocenters. The average molecular weight is 206 g/mol. The van der Waals surface area contributed by atoms with Gasteiger partial charge in [0.2, 0.25) is 0 Å². The summed E-state index contributed by atoms with van der Waals surface area (Å²) in [6.07, 6.45) is -7.52. The summed E-state index contributed by atoms with van der Waals surface area (Å²) in [7, 11) is 0. The number of hydrogen-bond donors (Lipinski definition) is 0. The third-order valence-corrected chi connectivity index (χ3v) is 1.45. The molecule has 0 aromatic rings. The Morgan fingerprint density at radius 2 is 1.15 bits per heavy atom. The molecule has 1 heterocycles. The molecule has 0 spiro atoms. The van der Waals surface area contributed by atoms with E-state index in [1.165, 1.54) is 0 Å². The maximum atomic E-state index is 12.7. The number of hydrogen-bond acceptors (Lipinski definition) is 1. The van der Waals surface area contributed by atoms with Crippen LogP contribution in [0.3, 0.4) is 0 Å². The summed E-state index contributed by atoms with van der Waals surface area (Å²) in [6, 6.07) is 0. The highest BCUT2D eigenvalue weighted by Crippen LogP contribution is 2.40. The largest absolute Gasteiger partial charge is 0.300 e. The SMILES string of the molecule is FC(F)[C@@]1(F)C=C[C@@](F)(C(F)F)O1. The van der Waals surface area contributed by atoms with Gasteiger partial charge in [-0.2, -0.15) is 0 Å². The molecule has 0 saturated heterocycles. The van der Waals surface area contributed by atoms with Crippen LogP contribution in [-0.2, 0) is 4.74 Å². The Morgan fingerprint density at radius 3 is 1.31 bits per heavy atom. The lowest BCUT2D eigenvalue weighted by atomic mass is 10.3. The quantitative estimate of drug-likeness (QED) is 0.498. The summed E-state index contributed by atoms with van der Waals surface area (Å²) in [5.74, 6) is -7.52. The van der Waals surface area contributed by atoms with Crippen LogP contribution in [0.4, 0.5) is 26.3 Å². The van der Waals surface area contributed by atoms with Crippen molar-refractivity contribution in [2.24, 2.45) is 0 Å². The van der Waals surface area contributed by atoms with E-state index in [4.69, 9.17) is 0 Å². The molecule has 1 aliphatic rings. The van der Waals surface area contributed by atoms with Gasteiger partial charge in [0.15, 0.2) is 0 Å². The van der Waals surface area contributed by atoms with Crippen molar-refractivity contribution in [2.75, 3.05) is 0 Å². The molecule has 0 aromatic carbocycles. The molecule has 0 aliphatic carbocycles. The summed E-state index contributed by atoms with van der Waals surface area (Å²) in [5, 5.41) is 0. The summed E-state index contributed by atoms with van der Waals surface area (Å²) in [5.41, 5.74) is 0. The van der Waals surface area contributed by atoms with Crippen LogP contribution in [0.1, 0.15) is 0 Å². The van der Waals surface area contributed by atoms with Gasteiger partial charge < -0.3 is 0 Å². The van der Waals surface area contributed by atoms with Gasteiger partial charge >= 0.3 is 0 Å². The van der Waals surface area contributed by atoms with Gasteiger partial charge in [0.1, 0.15) is 0 Å². The predicted molar refractivity (Wildman–Crippen MR) is 29.9 cm³/mol.